The molecule has 1 unspecified atom stereocenters. The Balaban J connectivity index is 2.07. The number of aliphatic hydroxyl groups is 1. The lowest BCUT2D eigenvalue weighted by Gasteiger charge is -2.25. The lowest BCUT2D eigenvalue weighted by atomic mass is 9.94. The quantitative estimate of drug-likeness (QED) is 0.918. The Bertz CT molecular complexity index is 388. The Morgan fingerprint density at radius 2 is 2.17 bits per heavy atom. The number of hydrogen-bond acceptors (Lipinski definition) is 3. The zero-order chi connectivity index (χ0) is 13.1. The van der Waals surface area contributed by atoms with Crippen molar-refractivity contribution >= 4 is 23.4 Å². The van der Waals surface area contributed by atoms with E-state index in [4.69, 9.17) is 11.6 Å². The molecule has 0 aromatic carbocycles. The van der Waals surface area contributed by atoms with Gasteiger partial charge in [-0.2, -0.15) is 16.9 Å². The maximum atomic E-state index is 10.4. The highest BCUT2D eigenvalue weighted by molar-refractivity contribution is 7.99. The number of aromatic nitrogens is 2. The van der Waals surface area contributed by atoms with Gasteiger partial charge in [0.2, 0.25) is 0 Å². The molecule has 0 saturated carbocycles. The van der Waals surface area contributed by atoms with Gasteiger partial charge < -0.3 is 5.11 Å². The van der Waals surface area contributed by atoms with E-state index in [0.717, 1.165) is 12.1 Å². The second-order valence-electron chi connectivity index (χ2n) is 5.22. The van der Waals surface area contributed by atoms with E-state index in [0.29, 0.717) is 10.9 Å². The van der Waals surface area contributed by atoms with Crippen molar-refractivity contribution in [3.05, 3.63) is 16.9 Å². The third-order valence-electron chi connectivity index (χ3n) is 3.49. The van der Waals surface area contributed by atoms with Gasteiger partial charge in [-0.25, -0.2) is 0 Å². The summed E-state index contributed by atoms with van der Waals surface area (Å²) in [6, 6.07) is 0.226. The molecule has 1 N–H and O–H groups in total. The van der Waals surface area contributed by atoms with Gasteiger partial charge in [0.05, 0.1) is 23.0 Å². The van der Waals surface area contributed by atoms with Gasteiger partial charge >= 0.3 is 0 Å². The highest BCUT2D eigenvalue weighted by Crippen LogP contribution is 2.34. The normalized spacial score (nSPS) is 19.4. The summed E-state index contributed by atoms with van der Waals surface area (Å²) in [4.78, 5) is 0. The predicted octanol–water partition coefficient (Wildman–Crippen LogP) is 3.68. The molecule has 1 saturated heterocycles. The summed E-state index contributed by atoms with van der Waals surface area (Å²) in [7, 11) is 0. The highest BCUT2D eigenvalue weighted by atomic mass is 35.5. The first-order valence-electron chi connectivity index (χ1n) is 6.58. The van der Waals surface area contributed by atoms with E-state index in [1.165, 1.54) is 24.3 Å². The van der Waals surface area contributed by atoms with Crippen LogP contribution in [0.1, 0.15) is 50.9 Å². The van der Waals surface area contributed by atoms with E-state index in [9.17, 15) is 5.11 Å². The van der Waals surface area contributed by atoms with Crippen LogP contribution in [0.5, 0.6) is 0 Å². The molecular formula is C13H21ClN2OS. The maximum absolute atomic E-state index is 10.4. The average molecular weight is 289 g/mol. The second kappa shape index (κ2) is 6.31. The molecule has 3 nitrogen and oxygen atoms in total. The molecule has 2 rings (SSSR count). The molecule has 0 radical (unpaired) electrons. The molecule has 102 valence electrons. The third-order valence-corrected chi connectivity index (χ3v) is 4.83. The van der Waals surface area contributed by atoms with Crippen LogP contribution in [-0.4, -0.2) is 26.4 Å². The van der Waals surface area contributed by atoms with Gasteiger partial charge in [0, 0.05) is 6.04 Å². The standard InChI is InChI=1S/C13H21ClN2OS/c1-9(2)16-13(11(14)8-15-16)12(17)7-10-3-5-18-6-4-10/h8-10,12,17H,3-7H2,1-2H3. The molecule has 1 aromatic heterocycles. The Kier molecular flexibility index (Phi) is 4.98. The van der Waals surface area contributed by atoms with Gasteiger partial charge in [-0.3, -0.25) is 4.68 Å². The van der Waals surface area contributed by atoms with Crippen LogP contribution in [0.2, 0.25) is 5.02 Å². The molecule has 18 heavy (non-hydrogen) atoms. The largest absolute Gasteiger partial charge is 0.387 e. The number of halogens is 1. The van der Waals surface area contributed by atoms with E-state index in [-0.39, 0.29) is 6.04 Å². The number of aliphatic hydroxyl groups excluding tert-OH is 1. The second-order valence-corrected chi connectivity index (χ2v) is 6.86. The molecule has 2 heterocycles. The van der Waals surface area contributed by atoms with E-state index < -0.39 is 6.10 Å². The van der Waals surface area contributed by atoms with E-state index in [1.807, 2.05) is 16.4 Å². The van der Waals surface area contributed by atoms with E-state index in [1.54, 1.807) is 6.20 Å². The minimum absolute atomic E-state index is 0.226. The lowest BCUT2D eigenvalue weighted by Crippen LogP contribution is -2.17. The number of nitrogens with zero attached hydrogens (tertiary/aromatic N) is 2. The fourth-order valence-corrected chi connectivity index (χ4v) is 3.94. The maximum Gasteiger partial charge on any atom is 0.0974 e. The molecule has 0 spiro atoms. The summed E-state index contributed by atoms with van der Waals surface area (Å²) in [5.74, 6) is 3.05. The van der Waals surface area contributed by atoms with Crippen LogP contribution in [0.25, 0.3) is 0 Å². The van der Waals surface area contributed by atoms with Crippen molar-refractivity contribution in [2.75, 3.05) is 11.5 Å². The van der Waals surface area contributed by atoms with Crippen molar-refractivity contribution in [2.24, 2.45) is 5.92 Å². The van der Waals surface area contributed by atoms with Crippen molar-refractivity contribution in [3.63, 3.8) is 0 Å². The van der Waals surface area contributed by atoms with E-state index >= 15 is 0 Å². The molecule has 1 aromatic rings. The molecule has 1 fully saturated rings. The SMILES string of the molecule is CC(C)n1ncc(Cl)c1C(O)CC1CCSCC1. The first-order valence-corrected chi connectivity index (χ1v) is 8.11. The van der Waals surface area contributed by atoms with Crippen molar-refractivity contribution in [3.8, 4) is 0 Å². The van der Waals surface area contributed by atoms with Gasteiger partial charge in [0.25, 0.3) is 0 Å². The summed E-state index contributed by atoms with van der Waals surface area (Å²) in [5, 5.41) is 15.3. The molecule has 5 heteroatoms. The Labute approximate surface area is 118 Å². The van der Waals surface area contributed by atoms with Crippen LogP contribution < -0.4 is 0 Å². The molecule has 1 aliphatic rings. The van der Waals surface area contributed by atoms with Crippen molar-refractivity contribution in [2.45, 2.75) is 45.3 Å². The van der Waals surface area contributed by atoms with Gasteiger partial charge in [-0.15, -0.1) is 0 Å². The number of thioether (sulfide) groups is 1. The zero-order valence-electron chi connectivity index (χ0n) is 11.0. The minimum atomic E-state index is -0.490. The first kappa shape index (κ1) is 14.2. The molecule has 1 atom stereocenters. The fraction of sp³-hybridized carbons (Fsp3) is 0.769. The van der Waals surface area contributed by atoms with Crippen LogP contribution in [-0.2, 0) is 0 Å². The molecule has 0 aliphatic carbocycles. The van der Waals surface area contributed by atoms with Gasteiger partial charge in [-0.1, -0.05) is 11.6 Å². The summed E-state index contributed by atoms with van der Waals surface area (Å²) in [5.41, 5.74) is 0.782. The molecular weight excluding hydrogens is 268 g/mol. The first-order chi connectivity index (χ1) is 8.59. The highest BCUT2D eigenvalue weighted by Gasteiger charge is 2.24. The van der Waals surface area contributed by atoms with Gasteiger partial charge in [0.1, 0.15) is 0 Å². The lowest BCUT2D eigenvalue weighted by molar-refractivity contribution is 0.130. The van der Waals surface area contributed by atoms with Crippen molar-refractivity contribution in [1.29, 1.82) is 0 Å². The van der Waals surface area contributed by atoms with E-state index in [2.05, 4.69) is 18.9 Å². The minimum Gasteiger partial charge on any atom is -0.387 e. The summed E-state index contributed by atoms with van der Waals surface area (Å²) in [6.07, 6.45) is 4.36. The zero-order valence-corrected chi connectivity index (χ0v) is 12.5. The van der Waals surface area contributed by atoms with Crippen LogP contribution in [0.15, 0.2) is 6.20 Å². The summed E-state index contributed by atoms with van der Waals surface area (Å²) < 4.78 is 1.84. The van der Waals surface area contributed by atoms with Gasteiger partial charge in [0.15, 0.2) is 0 Å². The fourth-order valence-electron chi connectivity index (χ4n) is 2.48. The average Bonchev–Trinajstić information content (AvgIpc) is 2.72. The molecule has 1 aliphatic heterocycles. The van der Waals surface area contributed by atoms with Crippen molar-refractivity contribution < 1.29 is 5.11 Å². The predicted molar refractivity (Wildman–Crippen MR) is 77.2 cm³/mol. The molecule has 0 bridgehead atoms. The van der Waals surface area contributed by atoms with Crippen molar-refractivity contribution in [1.82, 2.24) is 9.78 Å². The number of hydrogen-bond donors (Lipinski definition) is 1. The summed E-state index contributed by atoms with van der Waals surface area (Å²) in [6.45, 7) is 4.10. The van der Waals surface area contributed by atoms with Crippen LogP contribution in [0.3, 0.4) is 0 Å². The Hall–Kier alpha value is -0.190. The Morgan fingerprint density at radius 1 is 1.50 bits per heavy atom. The topological polar surface area (TPSA) is 38.0 Å². The van der Waals surface area contributed by atoms with Crippen LogP contribution >= 0.6 is 23.4 Å². The monoisotopic (exact) mass is 288 g/mol. The Morgan fingerprint density at radius 3 is 2.78 bits per heavy atom. The molecule has 0 amide bonds. The van der Waals surface area contributed by atoms with Gasteiger partial charge in [-0.05, 0) is 50.5 Å². The summed E-state index contributed by atoms with van der Waals surface area (Å²) >= 11 is 8.16. The smallest absolute Gasteiger partial charge is 0.0974 e. The number of rotatable bonds is 4. The third kappa shape index (κ3) is 3.22. The van der Waals surface area contributed by atoms with Crippen LogP contribution in [0.4, 0.5) is 0 Å². The van der Waals surface area contributed by atoms with Crippen LogP contribution in [0, 0.1) is 5.92 Å².